The number of hydrogen-bond acceptors (Lipinski definition) is 4. The van der Waals surface area contributed by atoms with Gasteiger partial charge in [0.2, 0.25) is 0 Å². The summed E-state index contributed by atoms with van der Waals surface area (Å²) in [4.78, 5) is 11.5. The predicted molar refractivity (Wildman–Crippen MR) is 82.5 cm³/mol. The highest BCUT2D eigenvalue weighted by molar-refractivity contribution is 6.30. The van der Waals surface area contributed by atoms with E-state index in [2.05, 4.69) is 29.2 Å². The van der Waals surface area contributed by atoms with Crippen molar-refractivity contribution in [2.24, 2.45) is 0 Å². The van der Waals surface area contributed by atoms with Gasteiger partial charge in [0.25, 0.3) is 0 Å². The van der Waals surface area contributed by atoms with Gasteiger partial charge in [-0.15, -0.1) is 0 Å². The Bertz CT molecular complexity index is 501. The molecule has 1 aromatic rings. The van der Waals surface area contributed by atoms with Gasteiger partial charge in [-0.05, 0) is 46.6 Å². The Hall–Kier alpha value is -0.870. The predicted octanol–water partition coefficient (Wildman–Crippen LogP) is 3.21. The molecule has 2 atom stereocenters. The molecule has 0 radical (unpaired) electrons. The third kappa shape index (κ3) is 2.91. The first-order valence-corrected chi connectivity index (χ1v) is 7.93. The number of nitrogens with one attached hydrogen (secondary N) is 1. The Morgan fingerprint density at radius 3 is 2.65 bits per heavy atom. The fourth-order valence-electron chi connectivity index (χ4n) is 2.78. The minimum Gasteiger partial charge on any atom is -0.367 e. The summed E-state index contributed by atoms with van der Waals surface area (Å²) in [6, 6.07) is 1.10. The molecular weight excluding hydrogens is 272 g/mol. The van der Waals surface area contributed by atoms with E-state index in [0.29, 0.717) is 23.2 Å². The van der Waals surface area contributed by atoms with Gasteiger partial charge in [0, 0.05) is 30.1 Å². The Morgan fingerprint density at radius 1 is 1.25 bits per heavy atom. The first-order chi connectivity index (χ1) is 9.54. The molecule has 0 aromatic carbocycles. The van der Waals surface area contributed by atoms with E-state index in [0.717, 1.165) is 36.6 Å². The number of rotatable bonds is 3. The summed E-state index contributed by atoms with van der Waals surface area (Å²) in [5.41, 5.74) is 0.975. The van der Waals surface area contributed by atoms with E-state index in [1.54, 1.807) is 0 Å². The van der Waals surface area contributed by atoms with Crippen molar-refractivity contribution in [1.29, 1.82) is 0 Å². The topological polar surface area (TPSA) is 41.1 Å². The maximum absolute atomic E-state index is 6.26. The number of anilines is 1. The molecule has 20 heavy (non-hydrogen) atoms. The van der Waals surface area contributed by atoms with Crippen molar-refractivity contribution in [3.8, 4) is 0 Å². The molecule has 0 spiro atoms. The number of halogens is 1. The van der Waals surface area contributed by atoms with Crippen LogP contribution < -0.4 is 5.32 Å². The van der Waals surface area contributed by atoms with Crippen molar-refractivity contribution in [1.82, 2.24) is 14.9 Å². The quantitative estimate of drug-likeness (QED) is 0.869. The molecule has 0 amide bonds. The van der Waals surface area contributed by atoms with Gasteiger partial charge in [0.05, 0.1) is 0 Å². The number of nitrogens with zero attached hydrogens (tertiary/aromatic N) is 3. The zero-order chi connectivity index (χ0) is 14.3. The molecule has 0 bridgehead atoms. The average Bonchev–Trinajstić information content (AvgIpc) is 3.23. The summed E-state index contributed by atoms with van der Waals surface area (Å²) in [7, 11) is 2.19. The van der Waals surface area contributed by atoms with Crippen LogP contribution in [-0.2, 0) is 0 Å². The van der Waals surface area contributed by atoms with Gasteiger partial charge in [0.15, 0.2) is 0 Å². The Labute approximate surface area is 125 Å². The van der Waals surface area contributed by atoms with Crippen LogP contribution in [0.5, 0.6) is 0 Å². The molecule has 2 unspecified atom stereocenters. The molecule has 1 saturated heterocycles. The SMILES string of the molecule is Cc1c(Cl)nc(C2CC2)nc1NC1CCN(C)C(C)C1. The van der Waals surface area contributed by atoms with E-state index in [1.165, 1.54) is 12.8 Å². The lowest BCUT2D eigenvalue weighted by Gasteiger charge is -2.35. The second kappa shape index (κ2) is 5.49. The highest BCUT2D eigenvalue weighted by Crippen LogP contribution is 2.39. The van der Waals surface area contributed by atoms with Gasteiger partial charge in [-0.1, -0.05) is 11.6 Å². The molecule has 1 aliphatic carbocycles. The zero-order valence-electron chi connectivity index (χ0n) is 12.5. The third-order valence-corrected chi connectivity index (χ3v) is 4.96. The summed E-state index contributed by atoms with van der Waals surface area (Å²) >= 11 is 6.26. The molecular formula is C15H23ClN4. The Morgan fingerprint density at radius 2 is 2.00 bits per heavy atom. The lowest BCUT2D eigenvalue weighted by molar-refractivity contribution is 0.190. The zero-order valence-corrected chi connectivity index (χ0v) is 13.2. The van der Waals surface area contributed by atoms with Crippen LogP contribution in [0.15, 0.2) is 0 Å². The summed E-state index contributed by atoms with van der Waals surface area (Å²) in [5.74, 6) is 2.39. The number of hydrogen-bond donors (Lipinski definition) is 1. The smallest absolute Gasteiger partial charge is 0.137 e. The standard InChI is InChI=1S/C15H23ClN4/c1-9-8-12(6-7-20(9)3)17-14-10(2)13(16)18-15(19-14)11-4-5-11/h9,11-12H,4-8H2,1-3H3,(H,17,18,19). The lowest BCUT2D eigenvalue weighted by atomic mass is 9.99. The van der Waals surface area contributed by atoms with Crippen molar-refractivity contribution in [2.75, 3.05) is 18.9 Å². The average molecular weight is 295 g/mol. The van der Waals surface area contributed by atoms with E-state index in [4.69, 9.17) is 16.6 Å². The Kier molecular flexibility index (Phi) is 3.87. The monoisotopic (exact) mass is 294 g/mol. The van der Waals surface area contributed by atoms with E-state index >= 15 is 0 Å². The first kappa shape index (κ1) is 14.1. The van der Waals surface area contributed by atoms with Gasteiger partial charge >= 0.3 is 0 Å². The molecule has 2 aliphatic rings. The fraction of sp³-hybridized carbons (Fsp3) is 0.733. The maximum atomic E-state index is 6.26. The molecule has 5 heteroatoms. The summed E-state index contributed by atoms with van der Waals surface area (Å²) in [6.45, 7) is 5.41. The summed E-state index contributed by atoms with van der Waals surface area (Å²) in [6.07, 6.45) is 4.70. The van der Waals surface area contributed by atoms with Crippen molar-refractivity contribution >= 4 is 17.4 Å². The van der Waals surface area contributed by atoms with Crippen LogP contribution in [0.2, 0.25) is 5.15 Å². The molecule has 1 aromatic heterocycles. The fourth-order valence-corrected chi connectivity index (χ4v) is 2.96. The Balaban J connectivity index is 1.76. The summed E-state index contributed by atoms with van der Waals surface area (Å²) < 4.78 is 0. The van der Waals surface area contributed by atoms with E-state index < -0.39 is 0 Å². The molecule has 3 rings (SSSR count). The second-order valence-corrected chi connectivity index (χ2v) is 6.67. The third-order valence-electron chi connectivity index (χ3n) is 4.60. The molecule has 1 N–H and O–H groups in total. The largest absolute Gasteiger partial charge is 0.367 e. The highest BCUT2D eigenvalue weighted by Gasteiger charge is 2.29. The van der Waals surface area contributed by atoms with E-state index in [-0.39, 0.29) is 0 Å². The van der Waals surface area contributed by atoms with Gasteiger partial charge in [-0.3, -0.25) is 0 Å². The van der Waals surface area contributed by atoms with Crippen molar-refractivity contribution in [2.45, 2.75) is 57.5 Å². The van der Waals surface area contributed by atoms with Crippen molar-refractivity contribution in [3.05, 3.63) is 16.5 Å². The lowest BCUT2D eigenvalue weighted by Crippen LogP contribution is -2.42. The normalized spacial score (nSPS) is 27.6. The van der Waals surface area contributed by atoms with Gasteiger partial charge < -0.3 is 10.2 Å². The van der Waals surface area contributed by atoms with Crippen LogP contribution >= 0.6 is 11.6 Å². The minimum atomic E-state index is 0.484. The van der Waals surface area contributed by atoms with Gasteiger partial charge in [-0.25, -0.2) is 9.97 Å². The number of likely N-dealkylation sites (tertiary alicyclic amines) is 1. The second-order valence-electron chi connectivity index (χ2n) is 6.32. The first-order valence-electron chi connectivity index (χ1n) is 7.55. The number of aromatic nitrogens is 2. The van der Waals surface area contributed by atoms with Gasteiger partial charge in [-0.2, -0.15) is 0 Å². The molecule has 1 aliphatic heterocycles. The molecule has 110 valence electrons. The van der Waals surface area contributed by atoms with Crippen LogP contribution in [0.1, 0.15) is 49.9 Å². The van der Waals surface area contributed by atoms with Crippen LogP contribution in [0.4, 0.5) is 5.82 Å². The highest BCUT2D eigenvalue weighted by atomic mass is 35.5. The van der Waals surface area contributed by atoms with Crippen LogP contribution in [-0.4, -0.2) is 40.5 Å². The minimum absolute atomic E-state index is 0.484. The number of piperidine rings is 1. The van der Waals surface area contributed by atoms with Crippen LogP contribution in [0.3, 0.4) is 0 Å². The van der Waals surface area contributed by atoms with Crippen LogP contribution in [0.25, 0.3) is 0 Å². The molecule has 2 heterocycles. The van der Waals surface area contributed by atoms with E-state index in [9.17, 15) is 0 Å². The molecule has 2 fully saturated rings. The van der Waals surface area contributed by atoms with Crippen LogP contribution in [0, 0.1) is 6.92 Å². The molecule has 4 nitrogen and oxygen atoms in total. The molecule has 1 saturated carbocycles. The van der Waals surface area contributed by atoms with E-state index in [1.807, 2.05) is 6.92 Å². The van der Waals surface area contributed by atoms with Crippen molar-refractivity contribution < 1.29 is 0 Å². The van der Waals surface area contributed by atoms with Crippen molar-refractivity contribution in [3.63, 3.8) is 0 Å². The van der Waals surface area contributed by atoms with Gasteiger partial charge in [0.1, 0.15) is 16.8 Å². The maximum Gasteiger partial charge on any atom is 0.137 e. The summed E-state index contributed by atoms with van der Waals surface area (Å²) in [5, 5.41) is 4.20.